The minimum Gasteiger partial charge on any atom is -1.00 e. The Morgan fingerprint density at radius 2 is 1.00 bits per heavy atom. The first kappa shape index (κ1) is 33.4. The Morgan fingerprint density at radius 1 is 0.667 bits per heavy atom. The predicted molar refractivity (Wildman–Crippen MR) is 89.1 cm³/mol. The first-order valence-electron chi connectivity index (χ1n) is 8.45. The Hall–Kier alpha value is 1.85. The summed E-state index contributed by atoms with van der Waals surface area (Å²) in [6.07, 6.45) is 10.7. The maximum absolute atomic E-state index is 4.94. The molecule has 0 unspecified atom stereocenters. The van der Waals surface area contributed by atoms with Crippen molar-refractivity contribution in [2.75, 3.05) is 26.4 Å². The Balaban J connectivity index is -0.000000124. The Labute approximate surface area is 188 Å². The molecule has 0 spiro atoms. The van der Waals surface area contributed by atoms with Crippen LogP contribution in [-0.4, -0.2) is 40.7 Å². The van der Waals surface area contributed by atoms with Crippen molar-refractivity contribution in [2.45, 2.75) is 77.0 Å². The van der Waals surface area contributed by atoms with Gasteiger partial charge in [-0.05, 0) is 25.7 Å². The second-order valence-electron chi connectivity index (χ2n) is 6.88. The maximum Gasteiger partial charge on any atom is 4.00 e. The van der Waals surface area contributed by atoms with Crippen LogP contribution in [0, 0.1) is 0 Å². The smallest absolute Gasteiger partial charge is 1.00 e. The van der Waals surface area contributed by atoms with Crippen molar-refractivity contribution in [1.82, 2.24) is 0 Å². The molecule has 0 aromatic rings. The zero-order chi connectivity index (χ0) is 14.7. The molecule has 0 N–H and O–H groups in total. The van der Waals surface area contributed by atoms with Crippen LogP contribution in [-0.2, 0) is 35.7 Å². The molecule has 1 aliphatic carbocycles. The van der Waals surface area contributed by atoms with Gasteiger partial charge in [-0.3, -0.25) is 0 Å². The summed E-state index contributed by atoms with van der Waals surface area (Å²) < 4.78 is 9.89. The standard InChI is InChI=1S/C8H18NSi.2C4H8O.3ClH.Zr/c1-10(2,3)9-8-6-4-5-7-8;2*1-2-4-5-3-1;;;;/h8H,4-7H2,1-3H3;2*1-4H2;3*1H;/q-1;;;;;;+4/p-3. The first-order valence-corrected chi connectivity index (χ1v) is 11.9. The van der Waals surface area contributed by atoms with Crippen molar-refractivity contribution < 1.29 is 72.9 Å². The van der Waals surface area contributed by atoms with Crippen molar-refractivity contribution in [3.8, 4) is 0 Å². The van der Waals surface area contributed by atoms with Gasteiger partial charge in [0.1, 0.15) is 0 Å². The zero-order valence-electron chi connectivity index (χ0n) is 15.5. The van der Waals surface area contributed by atoms with Crippen LogP contribution in [0.4, 0.5) is 0 Å². The molecule has 2 heterocycles. The summed E-state index contributed by atoms with van der Waals surface area (Å²) in [4.78, 5) is 4.85. The third kappa shape index (κ3) is 21.9. The molecule has 0 bridgehead atoms. The third-order valence-corrected chi connectivity index (χ3v) is 4.69. The fraction of sp³-hybridized carbons (Fsp3) is 1.00. The van der Waals surface area contributed by atoms with Crippen LogP contribution in [0.5, 0.6) is 0 Å². The fourth-order valence-electron chi connectivity index (χ4n) is 2.60. The second-order valence-corrected chi connectivity index (χ2v) is 11.5. The van der Waals surface area contributed by atoms with Crippen LogP contribution in [0.25, 0.3) is 4.98 Å². The minimum absolute atomic E-state index is 0. The maximum atomic E-state index is 4.94. The van der Waals surface area contributed by atoms with Gasteiger partial charge in [0.15, 0.2) is 0 Å². The van der Waals surface area contributed by atoms with Crippen molar-refractivity contribution in [1.29, 1.82) is 0 Å². The molecule has 0 atom stereocenters. The summed E-state index contributed by atoms with van der Waals surface area (Å²) in [5.41, 5.74) is 0. The molecule has 24 heavy (non-hydrogen) atoms. The van der Waals surface area contributed by atoms with Crippen molar-refractivity contribution in [3.63, 3.8) is 0 Å². The predicted octanol–water partition coefficient (Wildman–Crippen LogP) is -4.26. The third-order valence-electron chi connectivity index (χ3n) is 3.55. The van der Waals surface area contributed by atoms with E-state index >= 15 is 0 Å². The summed E-state index contributed by atoms with van der Waals surface area (Å²) >= 11 is 0. The quantitative estimate of drug-likeness (QED) is 0.362. The molecule has 144 valence electrons. The van der Waals surface area contributed by atoms with E-state index in [9.17, 15) is 0 Å². The summed E-state index contributed by atoms with van der Waals surface area (Å²) in [7, 11) is -1.10. The van der Waals surface area contributed by atoms with Gasteiger partial charge in [-0.25, -0.2) is 0 Å². The van der Waals surface area contributed by atoms with Gasteiger partial charge in [0.25, 0.3) is 0 Å². The van der Waals surface area contributed by atoms with Crippen LogP contribution in [0.3, 0.4) is 0 Å². The Morgan fingerprint density at radius 3 is 1.21 bits per heavy atom. The van der Waals surface area contributed by atoms with Gasteiger partial charge in [-0.15, -0.1) is 6.04 Å². The molecule has 0 amide bonds. The average molecular weight is 498 g/mol. The molecule has 2 saturated heterocycles. The van der Waals surface area contributed by atoms with E-state index < -0.39 is 8.24 Å². The summed E-state index contributed by atoms with van der Waals surface area (Å²) in [5.74, 6) is 0. The van der Waals surface area contributed by atoms with E-state index in [2.05, 4.69) is 19.6 Å². The number of hydrogen-bond donors (Lipinski definition) is 0. The number of halogens is 3. The van der Waals surface area contributed by atoms with Crippen LogP contribution >= 0.6 is 0 Å². The minimum atomic E-state index is -1.10. The molecule has 0 aromatic heterocycles. The van der Waals surface area contributed by atoms with Crippen molar-refractivity contribution >= 4 is 8.24 Å². The molecule has 3 rings (SSSR count). The summed E-state index contributed by atoms with van der Waals surface area (Å²) in [5, 5.41) is 0. The molecule has 1 saturated carbocycles. The topological polar surface area (TPSA) is 32.6 Å². The van der Waals surface area contributed by atoms with E-state index in [1.807, 2.05) is 0 Å². The van der Waals surface area contributed by atoms with Crippen molar-refractivity contribution in [2.24, 2.45) is 0 Å². The Kier molecular flexibility index (Phi) is 29.5. The average Bonchev–Trinajstić information content (AvgIpc) is 3.16. The largest absolute Gasteiger partial charge is 4.00 e. The van der Waals surface area contributed by atoms with E-state index in [1.54, 1.807) is 0 Å². The van der Waals surface area contributed by atoms with Gasteiger partial charge < -0.3 is 51.7 Å². The molecule has 0 radical (unpaired) electrons. The van der Waals surface area contributed by atoms with Gasteiger partial charge in [0, 0.05) is 26.4 Å². The molecule has 2 aliphatic heterocycles. The molecule has 3 aliphatic rings. The molecular formula is C16H34Cl3NO2SiZr. The number of nitrogens with zero attached hydrogens (tertiary/aromatic N) is 1. The van der Waals surface area contributed by atoms with E-state index in [4.69, 9.17) is 14.5 Å². The van der Waals surface area contributed by atoms with E-state index in [0.29, 0.717) is 0 Å². The van der Waals surface area contributed by atoms with E-state index in [0.717, 1.165) is 32.5 Å². The fourth-order valence-corrected chi connectivity index (χ4v) is 3.96. The molecule has 3 fully saturated rings. The van der Waals surface area contributed by atoms with Gasteiger partial charge in [-0.1, -0.05) is 53.6 Å². The number of ether oxygens (including phenoxy) is 2. The Bertz CT molecular complexity index is 211. The SMILES string of the molecule is C1CCOC1.C1CCOC1.C[Si](C)(C)[N-]C1CCCC1.[Cl-].[Cl-].[Cl-].[Zr+4]. The normalized spacial score (nSPS) is 19.1. The van der Waals surface area contributed by atoms with Crippen LogP contribution in [0.15, 0.2) is 0 Å². The van der Waals surface area contributed by atoms with E-state index in [-0.39, 0.29) is 63.4 Å². The van der Waals surface area contributed by atoms with Crippen LogP contribution in [0.2, 0.25) is 19.6 Å². The molecule has 0 aromatic carbocycles. The monoisotopic (exact) mass is 495 g/mol. The van der Waals surface area contributed by atoms with Crippen LogP contribution in [0.1, 0.15) is 51.4 Å². The molecule has 3 nitrogen and oxygen atoms in total. The summed E-state index contributed by atoms with van der Waals surface area (Å²) in [6, 6.07) is 0.742. The summed E-state index contributed by atoms with van der Waals surface area (Å²) in [6.45, 7) is 11.0. The van der Waals surface area contributed by atoms with Gasteiger partial charge >= 0.3 is 26.2 Å². The zero-order valence-corrected chi connectivity index (χ0v) is 21.2. The van der Waals surface area contributed by atoms with Crippen molar-refractivity contribution in [3.05, 3.63) is 4.98 Å². The number of hydrogen-bond acceptors (Lipinski definition) is 2. The van der Waals surface area contributed by atoms with E-state index in [1.165, 1.54) is 51.4 Å². The second kappa shape index (κ2) is 21.2. The molecular weight excluding hydrogens is 464 g/mol. The van der Waals surface area contributed by atoms with Crippen LogP contribution < -0.4 is 37.2 Å². The molecule has 8 heteroatoms. The first-order chi connectivity index (χ1) is 9.58. The van der Waals surface area contributed by atoms with Gasteiger partial charge in [0.05, 0.1) is 0 Å². The van der Waals surface area contributed by atoms with Gasteiger partial charge in [-0.2, -0.15) is 0 Å². The van der Waals surface area contributed by atoms with Gasteiger partial charge in [0.2, 0.25) is 0 Å². The number of rotatable bonds is 2.